The Balaban J connectivity index is 1.48. The smallest absolute Gasteiger partial charge is 0.387 e. The predicted octanol–water partition coefficient (Wildman–Crippen LogP) is 4.23. The number of carbonyl (C=O) groups excluding carboxylic acids is 3. The van der Waals surface area contributed by atoms with Gasteiger partial charge in [0.1, 0.15) is 5.75 Å². The number of rotatable bonds is 9. The summed E-state index contributed by atoms with van der Waals surface area (Å²) in [5.41, 5.74) is 0.568. The number of amides is 3. The number of nitrogens with zero attached hydrogens (tertiary/aromatic N) is 1. The van der Waals surface area contributed by atoms with E-state index >= 15 is 0 Å². The maximum atomic E-state index is 12.5. The second-order valence-electron chi connectivity index (χ2n) is 6.23. The molecule has 6 nitrogen and oxygen atoms in total. The SMILES string of the molecule is O=C(CSc1ccccc1)NCCN1C(=O)SC(=Cc2ccc(OC(F)F)cc2)C1=O. The van der Waals surface area contributed by atoms with E-state index in [0.29, 0.717) is 5.56 Å². The van der Waals surface area contributed by atoms with Crippen LogP contribution in [0.15, 0.2) is 64.4 Å². The van der Waals surface area contributed by atoms with Crippen LogP contribution < -0.4 is 10.1 Å². The summed E-state index contributed by atoms with van der Waals surface area (Å²) in [7, 11) is 0. The Hall–Kier alpha value is -2.85. The summed E-state index contributed by atoms with van der Waals surface area (Å²) in [6, 6.07) is 15.2. The van der Waals surface area contributed by atoms with E-state index in [2.05, 4.69) is 10.1 Å². The molecule has 31 heavy (non-hydrogen) atoms. The molecule has 3 rings (SSSR count). The summed E-state index contributed by atoms with van der Waals surface area (Å²) in [5.74, 6) is -0.420. The summed E-state index contributed by atoms with van der Waals surface area (Å²) in [5, 5.41) is 2.27. The van der Waals surface area contributed by atoms with Gasteiger partial charge in [0.25, 0.3) is 11.1 Å². The number of carbonyl (C=O) groups is 3. The Morgan fingerprint density at radius 1 is 1.13 bits per heavy atom. The molecule has 0 spiro atoms. The van der Waals surface area contributed by atoms with Crippen LogP contribution in [0.2, 0.25) is 0 Å². The van der Waals surface area contributed by atoms with Gasteiger partial charge < -0.3 is 10.1 Å². The topological polar surface area (TPSA) is 75.7 Å². The molecular weight excluding hydrogens is 446 g/mol. The molecule has 1 heterocycles. The Kier molecular flexibility index (Phi) is 8.07. The van der Waals surface area contributed by atoms with Crippen LogP contribution >= 0.6 is 23.5 Å². The van der Waals surface area contributed by atoms with E-state index in [1.54, 1.807) is 0 Å². The van der Waals surface area contributed by atoms with Crippen molar-refractivity contribution < 1.29 is 27.9 Å². The molecule has 0 radical (unpaired) electrons. The van der Waals surface area contributed by atoms with Crippen LogP contribution in [0.1, 0.15) is 5.56 Å². The molecule has 0 saturated carbocycles. The molecule has 1 fully saturated rings. The molecule has 0 atom stereocenters. The second kappa shape index (κ2) is 11.0. The van der Waals surface area contributed by atoms with Gasteiger partial charge in [-0.3, -0.25) is 19.3 Å². The molecular formula is C21H18F2N2O4S2. The first-order chi connectivity index (χ1) is 14.9. The van der Waals surface area contributed by atoms with Crippen molar-refractivity contribution in [2.24, 2.45) is 0 Å². The van der Waals surface area contributed by atoms with Crippen LogP contribution in [-0.2, 0) is 9.59 Å². The molecule has 0 aromatic heterocycles. The molecule has 3 amide bonds. The lowest BCUT2D eigenvalue weighted by molar-refractivity contribution is -0.123. The summed E-state index contributed by atoms with van der Waals surface area (Å²) >= 11 is 2.18. The Morgan fingerprint density at radius 3 is 2.52 bits per heavy atom. The quantitative estimate of drug-likeness (QED) is 0.442. The number of hydrogen-bond donors (Lipinski definition) is 1. The summed E-state index contributed by atoms with van der Waals surface area (Å²) in [4.78, 5) is 38.9. The van der Waals surface area contributed by atoms with Crippen molar-refractivity contribution in [3.63, 3.8) is 0 Å². The molecule has 2 aromatic rings. The molecule has 1 aliphatic rings. The van der Waals surface area contributed by atoms with E-state index in [9.17, 15) is 23.2 Å². The normalized spacial score (nSPS) is 15.1. The third-order valence-corrected chi connectivity index (χ3v) is 5.97. The van der Waals surface area contributed by atoms with Crippen LogP contribution in [-0.4, -0.2) is 47.4 Å². The maximum absolute atomic E-state index is 12.5. The second-order valence-corrected chi connectivity index (χ2v) is 8.27. The molecule has 10 heteroatoms. The van der Waals surface area contributed by atoms with Gasteiger partial charge in [0.05, 0.1) is 10.7 Å². The van der Waals surface area contributed by atoms with E-state index in [4.69, 9.17) is 0 Å². The lowest BCUT2D eigenvalue weighted by Gasteiger charge is -2.13. The highest BCUT2D eigenvalue weighted by atomic mass is 32.2. The first-order valence-electron chi connectivity index (χ1n) is 9.17. The number of halogens is 2. The van der Waals surface area contributed by atoms with Gasteiger partial charge in [-0.05, 0) is 47.7 Å². The number of hydrogen-bond acceptors (Lipinski definition) is 6. The number of benzene rings is 2. The van der Waals surface area contributed by atoms with E-state index < -0.39 is 17.8 Å². The third kappa shape index (κ3) is 6.83. The van der Waals surface area contributed by atoms with E-state index in [-0.39, 0.29) is 35.4 Å². The zero-order valence-electron chi connectivity index (χ0n) is 16.1. The highest BCUT2D eigenvalue weighted by Crippen LogP contribution is 2.32. The molecule has 1 saturated heterocycles. The van der Waals surface area contributed by atoms with Crippen LogP contribution in [0.4, 0.5) is 13.6 Å². The van der Waals surface area contributed by atoms with Crippen molar-refractivity contribution >= 4 is 46.7 Å². The number of nitrogens with one attached hydrogen (secondary N) is 1. The fourth-order valence-corrected chi connectivity index (χ4v) is 4.23. The zero-order chi connectivity index (χ0) is 22.2. The Labute approximate surface area is 186 Å². The highest BCUT2D eigenvalue weighted by molar-refractivity contribution is 8.18. The summed E-state index contributed by atoms with van der Waals surface area (Å²) < 4.78 is 28.7. The van der Waals surface area contributed by atoms with E-state index in [1.165, 1.54) is 42.1 Å². The van der Waals surface area contributed by atoms with Crippen molar-refractivity contribution in [1.29, 1.82) is 0 Å². The fourth-order valence-electron chi connectivity index (χ4n) is 2.61. The number of ether oxygens (including phenoxy) is 1. The molecule has 0 unspecified atom stereocenters. The minimum Gasteiger partial charge on any atom is -0.435 e. The van der Waals surface area contributed by atoms with Crippen molar-refractivity contribution in [3.8, 4) is 5.75 Å². The summed E-state index contributed by atoms with van der Waals surface area (Å²) in [6.07, 6.45) is 1.51. The van der Waals surface area contributed by atoms with Crippen molar-refractivity contribution in [3.05, 3.63) is 65.1 Å². The zero-order valence-corrected chi connectivity index (χ0v) is 17.8. The standard InChI is InChI=1S/C21H18F2N2O4S2/c22-20(23)29-15-8-6-14(7-9-15)12-17-19(27)25(21(28)31-17)11-10-24-18(26)13-30-16-4-2-1-3-5-16/h1-9,12,20H,10-11,13H2,(H,24,26). The minimum atomic E-state index is -2.92. The average Bonchev–Trinajstić information content (AvgIpc) is 3.01. The molecule has 1 aliphatic heterocycles. The van der Waals surface area contributed by atoms with E-state index in [0.717, 1.165) is 21.6 Å². The van der Waals surface area contributed by atoms with Gasteiger partial charge >= 0.3 is 6.61 Å². The first kappa shape index (κ1) is 22.8. The largest absolute Gasteiger partial charge is 0.435 e. The first-order valence-corrected chi connectivity index (χ1v) is 11.0. The van der Waals surface area contributed by atoms with E-state index in [1.807, 2.05) is 30.3 Å². The molecule has 0 bridgehead atoms. The van der Waals surface area contributed by atoms with Crippen LogP contribution in [0.3, 0.4) is 0 Å². The van der Waals surface area contributed by atoms with Gasteiger partial charge in [0.15, 0.2) is 0 Å². The monoisotopic (exact) mass is 464 g/mol. The number of imide groups is 1. The number of thioether (sulfide) groups is 2. The molecule has 2 aromatic carbocycles. The van der Waals surface area contributed by atoms with Gasteiger partial charge in [0, 0.05) is 18.0 Å². The third-order valence-electron chi connectivity index (χ3n) is 4.05. The van der Waals surface area contributed by atoms with Crippen LogP contribution in [0, 0.1) is 0 Å². The van der Waals surface area contributed by atoms with Gasteiger partial charge in [-0.15, -0.1) is 11.8 Å². The van der Waals surface area contributed by atoms with Gasteiger partial charge in [0.2, 0.25) is 5.91 Å². The van der Waals surface area contributed by atoms with Crippen LogP contribution in [0.5, 0.6) is 5.75 Å². The van der Waals surface area contributed by atoms with Crippen molar-refractivity contribution in [1.82, 2.24) is 10.2 Å². The lowest BCUT2D eigenvalue weighted by atomic mass is 10.2. The number of alkyl halides is 2. The van der Waals surface area contributed by atoms with Crippen molar-refractivity contribution in [2.45, 2.75) is 11.5 Å². The predicted molar refractivity (Wildman–Crippen MR) is 116 cm³/mol. The molecule has 162 valence electrons. The molecule has 1 N–H and O–H groups in total. The summed E-state index contributed by atoms with van der Waals surface area (Å²) in [6.45, 7) is -2.70. The van der Waals surface area contributed by atoms with Gasteiger partial charge in [-0.1, -0.05) is 30.3 Å². The average molecular weight is 465 g/mol. The maximum Gasteiger partial charge on any atom is 0.387 e. The minimum absolute atomic E-state index is 0.00132. The lowest BCUT2D eigenvalue weighted by Crippen LogP contribution is -2.37. The van der Waals surface area contributed by atoms with Gasteiger partial charge in [-0.2, -0.15) is 8.78 Å². The Bertz CT molecular complexity index is 969. The van der Waals surface area contributed by atoms with Crippen molar-refractivity contribution in [2.75, 3.05) is 18.8 Å². The Morgan fingerprint density at radius 2 is 1.84 bits per heavy atom. The van der Waals surface area contributed by atoms with Gasteiger partial charge in [-0.25, -0.2) is 0 Å². The molecule has 0 aliphatic carbocycles. The fraction of sp³-hybridized carbons (Fsp3) is 0.190. The highest BCUT2D eigenvalue weighted by Gasteiger charge is 2.34. The van der Waals surface area contributed by atoms with Crippen LogP contribution in [0.25, 0.3) is 6.08 Å².